The van der Waals surface area contributed by atoms with Crippen LogP contribution in [0.2, 0.25) is 0 Å². The number of hydrogen-bond donors (Lipinski definition) is 3. The van der Waals surface area contributed by atoms with Crippen LogP contribution in [0.3, 0.4) is 0 Å². The second-order valence-electron chi connectivity index (χ2n) is 5.02. The third kappa shape index (κ3) is 3.91. The zero-order valence-electron chi connectivity index (χ0n) is 10.7. The minimum atomic E-state index is -0.273. The number of thiocarbonyl (C=S) groups is 1. The predicted octanol–water partition coefficient (Wildman–Crippen LogP) is 3.19. The molecule has 2 rings (SSSR count). The van der Waals surface area contributed by atoms with Crippen molar-refractivity contribution in [3.05, 3.63) is 28.2 Å². The van der Waals surface area contributed by atoms with Gasteiger partial charge in [0.25, 0.3) is 0 Å². The average Bonchev–Trinajstić information content (AvgIpc) is 2.57. The highest BCUT2D eigenvalue weighted by Crippen LogP contribution is 2.27. The van der Waals surface area contributed by atoms with Crippen molar-refractivity contribution in [1.82, 2.24) is 0 Å². The Morgan fingerprint density at radius 2 is 2.05 bits per heavy atom. The van der Waals surface area contributed by atoms with Gasteiger partial charge in [-0.05, 0) is 47.0 Å². The lowest BCUT2D eigenvalue weighted by Crippen LogP contribution is -2.32. The molecule has 19 heavy (non-hydrogen) atoms. The molecule has 0 bridgehead atoms. The van der Waals surface area contributed by atoms with Gasteiger partial charge in [-0.1, -0.05) is 31.5 Å². The standard InChI is InChI=1S/C14H19BrN2OS/c15-10-8-9(14(16)19)6-7-11(10)17-12-4-2-1-3-5-13(12)18/h6-8,12-13,17-18H,1-5H2,(H2,16,19). The lowest BCUT2D eigenvalue weighted by molar-refractivity contribution is 0.144. The third-order valence-electron chi connectivity index (χ3n) is 3.57. The van der Waals surface area contributed by atoms with E-state index in [0.29, 0.717) is 4.99 Å². The van der Waals surface area contributed by atoms with Crippen molar-refractivity contribution >= 4 is 38.8 Å². The summed E-state index contributed by atoms with van der Waals surface area (Å²) in [6, 6.07) is 5.89. The summed E-state index contributed by atoms with van der Waals surface area (Å²) in [6.45, 7) is 0. The number of rotatable bonds is 3. The summed E-state index contributed by atoms with van der Waals surface area (Å²) in [6.07, 6.45) is 5.09. The van der Waals surface area contributed by atoms with E-state index in [1.807, 2.05) is 18.2 Å². The Kier molecular flexibility index (Phi) is 5.19. The van der Waals surface area contributed by atoms with E-state index in [1.54, 1.807) is 0 Å². The summed E-state index contributed by atoms with van der Waals surface area (Å²) in [5.41, 5.74) is 7.43. The Hall–Kier alpha value is -0.650. The molecule has 0 amide bonds. The van der Waals surface area contributed by atoms with Crippen LogP contribution in [0.5, 0.6) is 0 Å². The topological polar surface area (TPSA) is 58.3 Å². The van der Waals surface area contributed by atoms with Crippen LogP contribution in [0.25, 0.3) is 0 Å². The SMILES string of the molecule is NC(=S)c1ccc(NC2CCCCCC2O)c(Br)c1. The number of nitrogens with two attached hydrogens (primary N) is 1. The van der Waals surface area contributed by atoms with Crippen molar-refractivity contribution in [2.24, 2.45) is 5.73 Å². The summed E-state index contributed by atoms with van der Waals surface area (Å²) >= 11 is 8.48. The molecule has 1 aromatic rings. The van der Waals surface area contributed by atoms with Crippen LogP contribution >= 0.6 is 28.1 Å². The summed E-state index contributed by atoms with van der Waals surface area (Å²) in [7, 11) is 0. The summed E-state index contributed by atoms with van der Waals surface area (Å²) in [5, 5.41) is 13.5. The summed E-state index contributed by atoms with van der Waals surface area (Å²) in [4.78, 5) is 0.391. The number of halogens is 1. The highest BCUT2D eigenvalue weighted by atomic mass is 79.9. The van der Waals surface area contributed by atoms with Gasteiger partial charge in [-0.25, -0.2) is 0 Å². The smallest absolute Gasteiger partial charge is 0.104 e. The molecule has 0 radical (unpaired) electrons. The Morgan fingerprint density at radius 3 is 2.74 bits per heavy atom. The average molecular weight is 343 g/mol. The van der Waals surface area contributed by atoms with Crippen LogP contribution in [-0.4, -0.2) is 22.2 Å². The molecule has 1 aliphatic carbocycles. The van der Waals surface area contributed by atoms with Crippen LogP contribution in [0.15, 0.2) is 22.7 Å². The zero-order chi connectivity index (χ0) is 13.8. The molecule has 1 fully saturated rings. The number of aliphatic hydroxyl groups excluding tert-OH is 1. The van der Waals surface area contributed by atoms with Crippen molar-refractivity contribution in [3.8, 4) is 0 Å². The molecule has 0 saturated heterocycles. The monoisotopic (exact) mass is 342 g/mol. The fourth-order valence-electron chi connectivity index (χ4n) is 2.44. The van der Waals surface area contributed by atoms with E-state index in [-0.39, 0.29) is 12.1 Å². The molecule has 0 aromatic heterocycles. The zero-order valence-corrected chi connectivity index (χ0v) is 13.1. The second kappa shape index (κ2) is 6.68. The van der Waals surface area contributed by atoms with Gasteiger partial charge in [0.15, 0.2) is 0 Å². The van der Waals surface area contributed by atoms with E-state index in [2.05, 4.69) is 21.2 Å². The molecule has 2 unspecified atom stereocenters. The lowest BCUT2D eigenvalue weighted by Gasteiger charge is -2.23. The minimum absolute atomic E-state index is 0.120. The van der Waals surface area contributed by atoms with Crippen molar-refractivity contribution in [1.29, 1.82) is 0 Å². The number of nitrogens with one attached hydrogen (secondary N) is 1. The van der Waals surface area contributed by atoms with Crippen molar-refractivity contribution < 1.29 is 5.11 Å². The first kappa shape index (κ1) is 14.8. The van der Waals surface area contributed by atoms with Gasteiger partial charge in [-0.2, -0.15) is 0 Å². The van der Waals surface area contributed by atoms with Crippen LogP contribution in [0.1, 0.15) is 37.7 Å². The first-order valence-electron chi connectivity index (χ1n) is 6.62. The Labute approximate surface area is 127 Å². The van der Waals surface area contributed by atoms with E-state index in [9.17, 15) is 5.11 Å². The summed E-state index contributed by atoms with van der Waals surface area (Å²) in [5.74, 6) is 0. The van der Waals surface area contributed by atoms with Gasteiger partial charge in [0, 0.05) is 15.7 Å². The Balaban J connectivity index is 2.11. The molecule has 0 spiro atoms. The fraction of sp³-hybridized carbons (Fsp3) is 0.500. The van der Waals surface area contributed by atoms with Gasteiger partial charge in [0.05, 0.1) is 12.1 Å². The molecule has 104 valence electrons. The van der Waals surface area contributed by atoms with Crippen molar-refractivity contribution in [3.63, 3.8) is 0 Å². The normalized spacial score (nSPS) is 23.7. The van der Waals surface area contributed by atoms with Gasteiger partial charge < -0.3 is 16.2 Å². The van der Waals surface area contributed by atoms with Gasteiger partial charge in [-0.3, -0.25) is 0 Å². The largest absolute Gasteiger partial charge is 0.391 e. The van der Waals surface area contributed by atoms with Crippen molar-refractivity contribution in [2.45, 2.75) is 44.2 Å². The molecule has 5 heteroatoms. The molecule has 3 nitrogen and oxygen atoms in total. The number of anilines is 1. The van der Waals surface area contributed by atoms with Gasteiger partial charge >= 0.3 is 0 Å². The predicted molar refractivity (Wildman–Crippen MR) is 86.5 cm³/mol. The summed E-state index contributed by atoms with van der Waals surface area (Å²) < 4.78 is 0.925. The van der Waals surface area contributed by atoms with Gasteiger partial charge in [0.1, 0.15) is 4.99 Å². The fourth-order valence-corrected chi connectivity index (χ4v) is 3.06. The van der Waals surface area contributed by atoms with E-state index in [0.717, 1.165) is 41.4 Å². The van der Waals surface area contributed by atoms with E-state index in [1.165, 1.54) is 6.42 Å². The van der Waals surface area contributed by atoms with Crippen LogP contribution < -0.4 is 11.1 Å². The van der Waals surface area contributed by atoms with E-state index in [4.69, 9.17) is 18.0 Å². The number of hydrogen-bond acceptors (Lipinski definition) is 3. The molecule has 1 saturated carbocycles. The molecule has 1 aromatic carbocycles. The molecule has 4 N–H and O–H groups in total. The maximum atomic E-state index is 10.1. The molecule has 0 heterocycles. The number of aliphatic hydroxyl groups is 1. The number of benzene rings is 1. The Bertz CT molecular complexity index is 467. The highest BCUT2D eigenvalue weighted by molar-refractivity contribution is 9.10. The third-order valence-corrected chi connectivity index (χ3v) is 4.47. The first-order valence-corrected chi connectivity index (χ1v) is 7.82. The van der Waals surface area contributed by atoms with Crippen LogP contribution in [0.4, 0.5) is 5.69 Å². The molecular formula is C14H19BrN2OS. The first-order chi connectivity index (χ1) is 9.08. The molecule has 0 aliphatic heterocycles. The van der Waals surface area contributed by atoms with Crippen LogP contribution in [0, 0.1) is 0 Å². The highest BCUT2D eigenvalue weighted by Gasteiger charge is 2.21. The molecule has 2 atom stereocenters. The minimum Gasteiger partial charge on any atom is -0.391 e. The van der Waals surface area contributed by atoms with Crippen molar-refractivity contribution in [2.75, 3.05) is 5.32 Å². The molecular weight excluding hydrogens is 324 g/mol. The van der Waals surface area contributed by atoms with Gasteiger partial charge in [0.2, 0.25) is 0 Å². The quantitative estimate of drug-likeness (QED) is 0.583. The van der Waals surface area contributed by atoms with E-state index < -0.39 is 0 Å². The second-order valence-corrected chi connectivity index (χ2v) is 6.31. The maximum Gasteiger partial charge on any atom is 0.104 e. The van der Waals surface area contributed by atoms with E-state index >= 15 is 0 Å². The van der Waals surface area contributed by atoms with Crippen LogP contribution in [-0.2, 0) is 0 Å². The Morgan fingerprint density at radius 1 is 1.32 bits per heavy atom. The maximum absolute atomic E-state index is 10.1. The lowest BCUT2D eigenvalue weighted by atomic mass is 10.1. The van der Waals surface area contributed by atoms with Gasteiger partial charge in [-0.15, -0.1) is 0 Å². The molecule has 1 aliphatic rings.